The highest BCUT2D eigenvalue weighted by Crippen LogP contribution is 2.28. The van der Waals surface area contributed by atoms with Crippen LogP contribution in [0.4, 0.5) is 10.2 Å². The molecule has 4 rings (SSSR count). The Labute approximate surface area is 155 Å². The molecule has 0 radical (unpaired) electrons. The quantitative estimate of drug-likeness (QED) is 0.581. The molecule has 6 heteroatoms. The van der Waals surface area contributed by atoms with Crippen LogP contribution in [0.25, 0.3) is 16.9 Å². The van der Waals surface area contributed by atoms with Crippen molar-refractivity contribution in [2.24, 2.45) is 0 Å². The number of nitrogens with one attached hydrogen (secondary N) is 1. The maximum atomic E-state index is 13.2. The van der Waals surface area contributed by atoms with Gasteiger partial charge in [-0.3, -0.25) is 9.20 Å². The number of aromatic nitrogens is 2. The molecular formula is C21H16FN3O2. The Balaban J connectivity index is 1.60. The molecule has 0 saturated carbocycles. The number of nitrogens with zero attached hydrogens (tertiary/aromatic N) is 2. The first kappa shape index (κ1) is 16.8. The van der Waals surface area contributed by atoms with Gasteiger partial charge in [0, 0.05) is 17.8 Å². The van der Waals surface area contributed by atoms with Gasteiger partial charge in [0.15, 0.2) is 6.61 Å². The largest absolute Gasteiger partial charge is 0.484 e. The highest BCUT2D eigenvalue weighted by Gasteiger charge is 2.16. The molecule has 0 unspecified atom stereocenters. The van der Waals surface area contributed by atoms with E-state index >= 15 is 0 Å². The van der Waals surface area contributed by atoms with Gasteiger partial charge in [0.05, 0.1) is 0 Å². The Bertz CT molecular complexity index is 1090. The number of ether oxygens (including phenoxy) is 1. The molecule has 2 heterocycles. The molecule has 27 heavy (non-hydrogen) atoms. The summed E-state index contributed by atoms with van der Waals surface area (Å²) in [6.07, 6.45) is 1.83. The average molecular weight is 361 g/mol. The van der Waals surface area contributed by atoms with Crippen LogP contribution in [-0.4, -0.2) is 21.9 Å². The van der Waals surface area contributed by atoms with Crippen molar-refractivity contribution in [1.29, 1.82) is 0 Å². The Morgan fingerprint density at radius 1 is 1.04 bits per heavy atom. The number of halogens is 1. The van der Waals surface area contributed by atoms with Crippen LogP contribution in [0.5, 0.6) is 5.75 Å². The molecule has 0 aliphatic heterocycles. The molecular weight excluding hydrogens is 345 g/mol. The van der Waals surface area contributed by atoms with Gasteiger partial charge < -0.3 is 10.1 Å². The fourth-order valence-electron chi connectivity index (χ4n) is 2.79. The van der Waals surface area contributed by atoms with Gasteiger partial charge in [-0.25, -0.2) is 9.37 Å². The maximum Gasteiger partial charge on any atom is 0.263 e. The predicted octanol–water partition coefficient (Wildman–Crippen LogP) is 4.16. The van der Waals surface area contributed by atoms with Gasteiger partial charge in [-0.05, 0) is 24.3 Å². The van der Waals surface area contributed by atoms with E-state index in [1.165, 1.54) is 18.2 Å². The molecule has 0 fully saturated rings. The number of benzene rings is 2. The van der Waals surface area contributed by atoms with Crippen LogP contribution in [-0.2, 0) is 4.79 Å². The van der Waals surface area contributed by atoms with Crippen LogP contribution in [0.2, 0.25) is 0 Å². The highest BCUT2D eigenvalue weighted by molar-refractivity contribution is 5.95. The summed E-state index contributed by atoms with van der Waals surface area (Å²) in [7, 11) is 0. The van der Waals surface area contributed by atoms with Gasteiger partial charge in [-0.15, -0.1) is 0 Å². The lowest BCUT2D eigenvalue weighted by molar-refractivity contribution is -0.118. The van der Waals surface area contributed by atoms with Crippen molar-refractivity contribution in [3.8, 4) is 17.0 Å². The summed E-state index contributed by atoms with van der Waals surface area (Å²) in [5.74, 6) is 0.0827. The standard InChI is InChI=1S/C21H16FN3O2/c22-16-9-6-10-17(13-16)27-14-19(26)24-21-20(15-7-2-1-3-8-15)23-18-11-4-5-12-25(18)21/h1-13H,14H2,(H,24,26). The van der Waals surface area contributed by atoms with Crippen LogP contribution in [0, 0.1) is 5.82 Å². The Morgan fingerprint density at radius 3 is 2.67 bits per heavy atom. The van der Waals surface area contributed by atoms with E-state index in [0.717, 1.165) is 11.2 Å². The van der Waals surface area contributed by atoms with Crippen LogP contribution in [0.3, 0.4) is 0 Å². The molecule has 2 aromatic heterocycles. The lowest BCUT2D eigenvalue weighted by Gasteiger charge is -2.09. The zero-order chi connectivity index (χ0) is 18.6. The summed E-state index contributed by atoms with van der Waals surface area (Å²) in [5, 5.41) is 2.86. The van der Waals surface area contributed by atoms with Gasteiger partial charge in [-0.1, -0.05) is 42.5 Å². The molecule has 2 aromatic carbocycles. The van der Waals surface area contributed by atoms with Crippen molar-refractivity contribution in [3.05, 3.63) is 84.8 Å². The molecule has 0 saturated heterocycles. The van der Waals surface area contributed by atoms with Gasteiger partial charge in [0.1, 0.15) is 28.7 Å². The molecule has 0 spiro atoms. The van der Waals surface area contributed by atoms with E-state index in [0.29, 0.717) is 17.3 Å². The van der Waals surface area contributed by atoms with E-state index < -0.39 is 5.82 Å². The third kappa shape index (κ3) is 3.64. The molecule has 0 bridgehead atoms. The summed E-state index contributed by atoms with van der Waals surface area (Å²) in [6, 6.07) is 20.9. The summed E-state index contributed by atoms with van der Waals surface area (Å²) < 4.78 is 20.4. The summed E-state index contributed by atoms with van der Waals surface area (Å²) in [4.78, 5) is 17.0. The van der Waals surface area contributed by atoms with Crippen LogP contribution in [0.15, 0.2) is 79.0 Å². The average Bonchev–Trinajstić information content (AvgIpc) is 3.06. The van der Waals surface area contributed by atoms with Gasteiger partial charge in [-0.2, -0.15) is 0 Å². The third-order valence-electron chi connectivity index (χ3n) is 4.00. The van der Waals surface area contributed by atoms with Crippen molar-refractivity contribution in [2.45, 2.75) is 0 Å². The number of hydrogen-bond donors (Lipinski definition) is 1. The number of pyridine rings is 1. The van der Waals surface area contributed by atoms with Crippen molar-refractivity contribution < 1.29 is 13.9 Å². The predicted molar refractivity (Wildman–Crippen MR) is 101 cm³/mol. The molecule has 134 valence electrons. The second-order valence-corrected chi connectivity index (χ2v) is 5.90. The van der Waals surface area contributed by atoms with E-state index in [9.17, 15) is 9.18 Å². The second kappa shape index (κ2) is 7.29. The van der Waals surface area contributed by atoms with Gasteiger partial charge in [0.2, 0.25) is 0 Å². The smallest absolute Gasteiger partial charge is 0.263 e. The number of carbonyl (C=O) groups is 1. The summed E-state index contributed by atoms with van der Waals surface area (Å²) >= 11 is 0. The second-order valence-electron chi connectivity index (χ2n) is 5.90. The Kier molecular flexibility index (Phi) is 4.53. The van der Waals surface area contributed by atoms with Crippen molar-refractivity contribution in [3.63, 3.8) is 0 Å². The Hall–Kier alpha value is -3.67. The number of carbonyl (C=O) groups excluding carboxylic acids is 1. The number of rotatable bonds is 5. The van der Waals surface area contributed by atoms with Crippen molar-refractivity contribution in [2.75, 3.05) is 11.9 Å². The molecule has 4 aromatic rings. The number of fused-ring (bicyclic) bond motifs is 1. The van der Waals surface area contributed by atoms with E-state index in [1.807, 2.05) is 59.1 Å². The summed E-state index contributed by atoms with van der Waals surface area (Å²) in [5.41, 5.74) is 2.28. The number of imidazole rings is 1. The van der Waals surface area contributed by atoms with Crippen LogP contribution < -0.4 is 10.1 Å². The first-order valence-electron chi connectivity index (χ1n) is 8.41. The van der Waals surface area contributed by atoms with Crippen LogP contribution in [0.1, 0.15) is 0 Å². The Morgan fingerprint density at radius 2 is 1.85 bits per heavy atom. The van der Waals surface area contributed by atoms with Crippen molar-refractivity contribution >= 4 is 17.4 Å². The topological polar surface area (TPSA) is 55.6 Å². The van der Waals surface area contributed by atoms with Crippen molar-refractivity contribution in [1.82, 2.24) is 9.38 Å². The minimum atomic E-state index is -0.416. The van der Waals surface area contributed by atoms with Crippen LogP contribution >= 0.6 is 0 Å². The van der Waals surface area contributed by atoms with E-state index in [2.05, 4.69) is 10.3 Å². The molecule has 1 amide bonds. The zero-order valence-corrected chi connectivity index (χ0v) is 14.3. The van der Waals surface area contributed by atoms with Gasteiger partial charge in [0.25, 0.3) is 5.91 Å². The molecule has 5 nitrogen and oxygen atoms in total. The highest BCUT2D eigenvalue weighted by atomic mass is 19.1. The molecule has 0 atom stereocenters. The fourth-order valence-corrected chi connectivity index (χ4v) is 2.79. The minimum absolute atomic E-state index is 0.238. The monoisotopic (exact) mass is 361 g/mol. The first-order valence-corrected chi connectivity index (χ1v) is 8.41. The fraction of sp³-hybridized carbons (Fsp3) is 0.0476. The SMILES string of the molecule is O=C(COc1cccc(F)c1)Nc1c(-c2ccccc2)nc2ccccn12. The van der Waals surface area contributed by atoms with Gasteiger partial charge >= 0.3 is 0 Å². The minimum Gasteiger partial charge on any atom is -0.484 e. The normalized spacial score (nSPS) is 10.7. The lowest BCUT2D eigenvalue weighted by Crippen LogP contribution is -2.21. The number of amides is 1. The van der Waals surface area contributed by atoms with E-state index in [4.69, 9.17) is 4.74 Å². The zero-order valence-electron chi connectivity index (χ0n) is 14.3. The maximum absolute atomic E-state index is 13.2. The van der Waals surface area contributed by atoms with E-state index in [-0.39, 0.29) is 12.5 Å². The van der Waals surface area contributed by atoms with E-state index in [1.54, 1.807) is 6.07 Å². The number of anilines is 1. The molecule has 0 aliphatic rings. The lowest BCUT2D eigenvalue weighted by atomic mass is 10.1. The first-order chi connectivity index (χ1) is 13.2. The third-order valence-corrected chi connectivity index (χ3v) is 4.00. The summed E-state index contributed by atoms with van der Waals surface area (Å²) in [6.45, 7) is -0.238. The molecule has 0 aliphatic carbocycles. The number of hydrogen-bond acceptors (Lipinski definition) is 3. The molecule has 1 N–H and O–H groups in total.